The van der Waals surface area contributed by atoms with Crippen LogP contribution in [-0.4, -0.2) is 47.5 Å². The number of carbonyl (C=O) groups excluding carboxylic acids is 2. The van der Waals surface area contributed by atoms with Crippen molar-refractivity contribution in [3.8, 4) is 0 Å². The molecule has 0 spiro atoms. The van der Waals surface area contributed by atoms with Gasteiger partial charge in [-0.15, -0.1) is 0 Å². The van der Waals surface area contributed by atoms with E-state index in [4.69, 9.17) is 16.4 Å². The monoisotopic (exact) mass is 296 g/mol. The van der Waals surface area contributed by atoms with Crippen molar-refractivity contribution in [3.05, 3.63) is 29.0 Å². The van der Waals surface area contributed by atoms with Crippen molar-refractivity contribution in [3.63, 3.8) is 0 Å². The third kappa shape index (κ3) is 3.06. The number of rotatable bonds is 4. The van der Waals surface area contributed by atoms with Gasteiger partial charge >= 0.3 is 0 Å². The molecule has 0 saturated carbocycles. The van der Waals surface area contributed by atoms with Gasteiger partial charge in [-0.2, -0.15) is 0 Å². The standard InChI is InChI=1S/C12H13ClN4O3/c1-17(20-2)10(18)6-15-12(19)9-4-7-3-8(13)5-14-11(7)16-9/h3-5H,6H2,1-2H3,(H,14,16)(H,15,19). The summed E-state index contributed by atoms with van der Waals surface area (Å²) in [7, 11) is 2.83. The van der Waals surface area contributed by atoms with Crippen LogP contribution in [0.2, 0.25) is 5.02 Å². The second-order valence-corrected chi connectivity index (χ2v) is 4.47. The Morgan fingerprint density at radius 1 is 1.50 bits per heavy atom. The molecule has 2 heterocycles. The van der Waals surface area contributed by atoms with Gasteiger partial charge in [0.1, 0.15) is 11.3 Å². The summed E-state index contributed by atoms with van der Waals surface area (Å²) in [5.74, 6) is -0.768. The summed E-state index contributed by atoms with van der Waals surface area (Å²) in [6.45, 7) is -0.160. The first-order valence-electron chi connectivity index (χ1n) is 5.74. The second kappa shape index (κ2) is 5.89. The van der Waals surface area contributed by atoms with Gasteiger partial charge in [0.2, 0.25) is 0 Å². The molecule has 2 rings (SSSR count). The smallest absolute Gasteiger partial charge is 0.268 e. The average Bonchev–Trinajstić information content (AvgIpc) is 2.86. The summed E-state index contributed by atoms with van der Waals surface area (Å²) in [5, 5.41) is 4.73. The normalized spacial score (nSPS) is 10.6. The van der Waals surface area contributed by atoms with E-state index in [1.54, 1.807) is 12.1 Å². The zero-order chi connectivity index (χ0) is 14.7. The summed E-state index contributed by atoms with van der Waals surface area (Å²) >= 11 is 5.82. The van der Waals surface area contributed by atoms with Crippen molar-refractivity contribution >= 4 is 34.4 Å². The van der Waals surface area contributed by atoms with Crippen molar-refractivity contribution < 1.29 is 14.4 Å². The largest absolute Gasteiger partial charge is 0.342 e. The van der Waals surface area contributed by atoms with Crippen molar-refractivity contribution in [2.75, 3.05) is 20.7 Å². The first-order chi connectivity index (χ1) is 9.51. The highest BCUT2D eigenvalue weighted by Crippen LogP contribution is 2.17. The highest BCUT2D eigenvalue weighted by molar-refractivity contribution is 6.31. The molecule has 0 bridgehead atoms. The van der Waals surface area contributed by atoms with Gasteiger partial charge < -0.3 is 10.3 Å². The Hall–Kier alpha value is -2.12. The molecule has 2 amide bonds. The molecule has 0 aliphatic heterocycles. The third-order valence-electron chi connectivity index (χ3n) is 2.71. The fourth-order valence-corrected chi connectivity index (χ4v) is 1.74. The van der Waals surface area contributed by atoms with Gasteiger partial charge in [0.15, 0.2) is 0 Å². The van der Waals surface area contributed by atoms with Crippen molar-refractivity contribution in [1.82, 2.24) is 20.3 Å². The maximum absolute atomic E-state index is 11.9. The minimum atomic E-state index is -0.406. The number of nitrogens with zero attached hydrogens (tertiary/aromatic N) is 2. The number of hydroxylamine groups is 2. The number of amides is 2. The number of nitrogens with one attached hydrogen (secondary N) is 2. The third-order valence-corrected chi connectivity index (χ3v) is 2.91. The topological polar surface area (TPSA) is 87.3 Å². The van der Waals surface area contributed by atoms with E-state index in [0.29, 0.717) is 16.4 Å². The van der Waals surface area contributed by atoms with E-state index in [9.17, 15) is 9.59 Å². The number of fused-ring (bicyclic) bond motifs is 1. The Morgan fingerprint density at radius 3 is 2.95 bits per heavy atom. The van der Waals surface area contributed by atoms with Crippen LogP contribution in [0.1, 0.15) is 10.5 Å². The Bertz CT molecular complexity index is 655. The van der Waals surface area contributed by atoms with Crippen LogP contribution in [0.15, 0.2) is 18.3 Å². The SMILES string of the molecule is CON(C)C(=O)CNC(=O)c1cc2cc(Cl)cnc2[nH]1. The summed E-state index contributed by atoms with van der Waals surface area (Å²) in [5.41, 5.74) is 0.863. The maximum atomic E-state index is 11.9. The van der Waals surface area contributed by atoms with Crippen molar-refractivity contribution in [2.24, 2.45) is 0 Å². The Balaban J connectivity index is 2.06. The summed E-state index contributed by atoms with van der Waals surface area (Å²) in [6, 6.07) is 3.31. The molecule has 0 aliphatic carbocycles. The molecule has 0 saturated heterocycles. The van der Waals surface area contributed by atoms with Crippen LogP contribution in [0.5, 0.6) is 0 Å². The number of hydrogen-bond acceptors (Lipinski definition) is 4. The van der Waals surface area contributed by atoms with Crippen molar-refractivity contribution in [2.45, 2.75) is 0 Å². The molecule has 106 valence electrons. The maximum Gasteiger partial charge on any atom is 0.268 e. The number of halogens is 1. The van der Waals surface area contributed by atoms with Crippen LogP contribution >= 0.6 is 11.6 Å². The number of pyridine rings is 1. The Kier molecular flexibility index (Phi) is 4.21. The molecule has 0 aliphatic rings. The molecule has 0 fully saturated rings. The summed E-state index contributed by atoms with van der Waals surface area (Å²) in [4.78, 5) is 35.0. The molecule has 0 atom stereocenters. The molecular weight excluding hydrogens is 284 g/mol. The van der Waals surface area contributed by atoms with Gasteiger partial charge in [0, 0.05) is 18.6 Å². The molecule has 2 aromatic rings. The van der Waals surface area contributed by atoms with E-state index < -0.39 is 5.91 Å². The van der Waals surface area contributed by atoms with Gasteiger partial charge in [0.05, 0.1) is 18.7 Å². The van der Waals surface area contributed by atoms with E-state index in [1.807, 2.05) is 0 Å². The molecule has 0 unspecified atom stereocenters. The van der Waals surface area contributed by atoms with E-state index in [0.717, 1.165) is 10.4 Å². The van der Waals surface area contributed by atoms with Crippen LogP contribution in [-0.2, 0) is 9.63 Å². The van der Waals surface area contributed by atoms with Crippen molar-refractivity contribution in [1.29, 1.82) is 0 Å². The molecule has 20 heavy (non-hydrogen) atoms. The van der Waals surface area contributed by atoms with Crippen LogP contribution in [0.4, 0.5) is 0 Å². The molecule has 0 aromatic carbocycles. The molecule has 0 radical (unpaired) electrons. The predicted octanol–water partition coefficient (Wildman–Crippen LogP) is 0.966. The molecule has 8 heteroatoms. The number of aromatic amines is 1. The lowest BCUT2D eigenvalue weighted by atomic mass is 10.3. The van der Waals surface area contributed by atoms with Gasteiger partial charge in [0.25, 0.3) is 11.8 Å². The van der Waals surface area contributed by atoms with E-state index in [-0.39, 0.29) is 12.5 Å². The van der Waals surface area contributed by atoms with Crippen LogP contribution in [0, 0.1) is 0 Å². The van der Waals surface area contributed by atoms with E-state index >= 15 is 0 Å². The molecular formula is C12H13ClN4O3. The average molecular weight is 297 g/mol. The highest BCUT2D eigenvalue weighted by atomic mass is 35.5. The zero-order valence-electron chi connectivity index (χ0n) is 10.9. The number of H-pyrrole nitrogens is 1. The fraction of sp³-hybridized carbons (Fsp3) is 0.250. The number of aromatic nitrogens is 2. The highest BCUT2D eigenvalue weighted by Gasteiger charge is 2.13. The van der Waals surface area contributed by atoms with Gasteiger partial charge in [-0.3, -0.25) is 14.4 Å². The first-order valence-corrected chi connectivity index (χ1v) is 6.12. The Labute approximate surface area is 119 Å². The lowest BCUT2D eigenvalue weighted by molar-refractivity contribution is -0.167. The molecule has 2 aromatic heterocycles. The second-order valence-electron chi connectivity index (χ2n) is 4.03. The van der Waals surface area contributed by atoms with Crippen LogP contribution in [0.25, 0.3) is 11.0 Å². The van der Waals surface area contributed by atoms with Gasteiger partial charge in [-0.1, -0.05) is 11.6 Å². The summed E-state index contributed by atoms with van der Waals surface area (Å²) in [6.07, 6.45) is 1.49. The number of carbonyl (C=O) groups is 2. The van der Waals surface area contributed by atoms with Crippen LogP contribution < -0.4 is 5.32 Å². The fourth-order valence-electron chi connectivity index (χ4n) is 1.58. The minimum absolute atomic E-state index is 0.160. The van der Waals surface area contributed by atoms with E-state index in [1.165, 1.54) is 20.4 Å². The number of hydrogen-bond donors (Lipinski definition) is 2. The lowest BCUT2D eigenvalue weighted by Crippen LogP contribution is -2.37. The molecule has 2 N–H and O–H groups in total. The first kappa shape index (κ1) is 14.3. The minimum Gasteiger partial charge on any atom is -0.342 e. The predicted molar refractivity (Wildman–Crippen MR) is 73.2 cm³/mol. The Morgan fingerprint density at radius 2 is 2.25 bits per heavy atom. The van der Waals surface area contributed by atoms with Gasteiger partial charge in [-0.25, -0.2) is 10.0 Å². The van der Waals surface area contributed by atoms with E-state index in [2.05, 4.69) is 15.3 Å². The van der Waals surface area contributed by atoms with Crippen LogP contribution in [0.3, 0.4) is 0 Å². The quantitative estimate of drug-likeness (QED) is 0.823. The van der Waals surface area contributed by atoms with Gasteiger partial charge in [-0.05, 0) is 12.1 Å². The lowest BCUT2D eigenvalue weighted by Gasteiger charge is -2.13. The zero-order valence-corrected chi connectivity index (χ0v) is 11.7. The molecule has 7 nitrogen and oxygen atoms in total. The summed E-state index contributed by atoms with van der Waals surface area (Å²) < 4.78 is 0. The number of likely N-dealkylation sites (N-methyl/N-ethyl adjacent to an activating group) is 1.